The van der Waals surface area contributed by atoms with Crippen molar-refractivity contribution in [1.29, 1.82) is 0 Å². The molecule has 1 unspecified atom stereocenters. The molecule has 0 aliphatic heterocycles. The van der Waals surface area contributed by atoms with E-state index in [9.17, 15) is 9.90 Å². The fourth-order valence-corrected chi connectivity index (χ4v) is 2.44. The van der Waals surface area contributed by atoms with Gasteiger partial charge in [0.1, 0.15) is 0 Å². The van der Waals surface area contributed by atoms with E-state index in [1.807, 2.05) is 20.8 Å². The summed E-state index contributed by atoms with van der Waals surface area (Å²) in [6.45, 7) is 7.79. The first-order valence-electron chi connectivity index (χ1n) is 10.6. The van der Waals surface area contributed by atoms with Crippen LogP contribution in [0.5, 0.6) is 0 Å². The molecule has 26 heavy (non-hydrogen) atoms. The van der Waals surface area contributed by atoms with Crippen molar-refractivity contribution in [2.75, 3.05) is 0 Å². The van der Waals surface area contributed by atoms with Gasteiger partial charge in [0.25, 0.3) is 0 Å². The number of carbonyl (C=O) groups is 1. The topological polar surface area (TPSA) is 46.5 Å². The monoisotopic (exact) mass is 366 g/mol. The minimum Gasteiger partial charge on any atom is -0.435 e. The molecule has 3 nitrogen and oxygen atoms in total. The van der Waals surface area contributed by atoms with E-state index in [4.69, 9.17) is 4.74 Å². The fraction of sp³-hybridized carbons (Fsp3) is 0.783. The Morgan fingerprint density at radius 3 is 2.00 bits per heavy atom. The van der Waals surface area contributed by atoms with Gasteiger partial charge in [-0.2, -0.15) is 0 Å². The number of esters is 1. The van der Waals surface area contributed by atoms with E-state index in [1.54, 1.807) is 0 Å². The minimum atomic E-state index is -1.02. The predicted molar refractivity (Wildman–Crippen MR) is 111 cm³/mol. The Hall–Kier alpha value is -1.09. The number of hydrogen-bond donors (Lipinski definition) is 1. The van der Waals surface area contributed by atoms with E-state index in [0.29, 0.717) is 6.42 Å². The average molecular weight is 367 g/mol. The zero-order chi connectivity index (χ0) is 19.7. The van der Waals surface area contributed by atoms with Crippen molar-refractivity contribution < 1.29 is 14.6 Å². The molecule has 1 atom stereocenters. The Kier molecular flexibility index (Phi) is 15.4. The molecule has 0 saturated carbocycles. The van der Waals surface area contributed by atoms with E-state index < -0.39 is 11.7 Å². The molecule has 0 heterocycles. The summed E-state index contributed by atoms with van der Waals surface area (Å²) in [5, 5.41) is 9.73. The van der Waals surface area contributed by atoms with Crippen LogP contribution in [0.2, 0.25) is 0 Å². The lowest BCUT2D eigenvalue weighted by atomic mass is 9.96. The van der Waals surface area contributed by atoms with Crippen LogP contribution in [0.15, 0.2) is 24.3 Å². The fourth-order valence-electron chi connectivity index (χ4n) is 2.44. The number of unbranched alkanes of at least 4 members (excludes halogenated alkanes) is 8. The summed E-state index contributed by atoms with van der Waals surface area (Å²) >= 11 is 0. The first-order chi connectivity index (χ1) is 12.4. The van der Waals surface area contributed by atoms with Gasteiger partial charge in [0, 0.05) is 11.8 Å². The molecule has 0 aromatic rings. The van der Waals surface area contributed by atoms with Gasteiger partial charge < -0.3 is 9.84 Å². The zero-order valence-electron chi connectivity index (χ0n) is 17.6. The van der Waals surface area contributed by atoms with E-state index in [1.165, 1.54) is 38.5 Å². The molecule has 0 aromatic heterocycles. The summed E-state index contributed by atoms with van der Waals surface area (Å²) in [7, 11) is 0. The van der Waals surface area contributed by atoms with Gasteiger partial charge in [-0.25, -0.2) is 0 Å². The molecule has 1 N–H and O–H groups in total. The summed E-state index contributed by atoms with van der Waals surface area (Å²) in [4.78, 5) is 11.6. The van der Waals surface area contributed by atoms with E-state index in [-0.39, 0.29) is 5.97 Å². The Labute approximate surface area is 161 Å². The molecule has 0 fully saturated rings. The quantitative estimate of drug-likeness (QED) is 0.152. The normalized spacial score (nSPS) is 13.6. The van der Waals surface area contributed by atoms with Crippen molar-refractivity contribution in [1.82, 2.24) is 0 Å². The SMILES string of the molecule is CCCCC/C=C\C/C=C\CCCCCCCC(=O)OC(O)C(C)(C)C. The summed E-state index contributed by atoms with van der Waals surface area (Å²) in [5.74, 6) is -0.293. The molecule has 0 saturated heterocycles. The summed E-state index contributed by atoms with van der Waals surface area (Å²) < 4.78 is 5.04. The standard InChI is InChI=1S/C23H42O3/c1-5-6-7-8-9-10-11-12-13-14-15-16-17-18-19-20-21(24)26-22(25)23(2,3)4/h9-10,12-13,22,25H,5-8,11,14-20H2,1-4H3/b10-9-,13-12-. The average Bonchev–Trinajstić information content (AvgIpc) is 2.57. The molecule has 0 bridgehead atoms. The number of aliphatic hydroxyl groups excluding tert-OH is 1. The number of carbonyl (C=O) groups excluding carboxylic acids is 1. The van der Waals surface area contributed by atoms with Crippen molar-refractivity contribution >= 4 is 5.97 Å². The van der Waals surface area contributed by atoms with Crippen molar-refractivity contribution in [3.8, 4) is 0 Å². The van der Waals surface area contributed by atoms with E-state index >= 15 is 0 Å². The summed E-state index contributed by atoms with van der Waals surface area (Å²) in [6.07, 6.45) is 21.3. The lowest BCUT2D eigenvalue weighted by molar-refractivity contribution is -0.186. The molecule has 0 radical (unpaired) electrons. The van der Waals surface area contributed by atoms with Crippen molar-refractivity contribution in [2.45, 2.75) is 111 Å². The molecule has 0 rings (SSSR count). The van der Waals surface area contributed by atoms with Gasteiger partial charge in [0.15, 0.2) is 0 Å². The van der Waals surface area contributed by atoms with Crippen LogP contribution in [-0.4, -0.2) is 17.4 Å². The van der Waals surface area contributed by atoms with Gasteiger partial charge in [-0.1, -0.05) is 84.1 Å². The van der Waals surface area contributed by atoms with Gasteiger partial charge >= 0.3 is 5.97 Å². The Balaban J connectivity index is 3.43. The Morgan fingerprint density at radius 2 is 1.42 bits per heavy atom. The van der Waals surface area contributed by atoms with Crippen LogP contribution in [0, 0.1) is 5.41 Å². The highest BCUT2D eigenvalue weighted by atomic mass is 16.6. The number of rotatable bonds is 15. The molecular formula is C23H42O3. The number of allylic oxidation sites excluding steroid dienone is 4. The summed E-state index contributed by atoms with van der Waals surface area (Å²) in [6, 6.07) is 0. The van der Waals surface area contributed by atoms with Gasteiger partial charge in [-0.3, -0.25) is 4.79 Å². The second-order valence-electron chi connectivity index (χ2n) is 8.19. The van der Waals surface area contributed by atoms with Crippen LogP contribution in [-0.2, 0) is 9.53 Å². The van der Waals surface area contributed by atoms with E-state index in [0.717, 1.165) is 32.1 Å². The maximum atomic E-state index is 11.6. The Morgan fingerprint density at radius 1 is 0.885 bits per heavy atom. The van der Waals surface area contributed by atoms with Gasteiger partial charge in [0.2, 0.25) is 6.29 Å². The van der Waals surface area contributed by atoms with Crippen LogP contribution < -0.4 is 0 Å². The maximum absolute atomic E-state index is 11.6. The lowest BCUT2D eigenvalue weighted by Crippen LogP contribution is -2.31. The highest BCUT2D eigenvalue weighted by Crippen LogP contribution is 2.20. The lowest BCUT2D eigenvalue weighted by Gasteiger charge is -2.25. The van der Waals surface area contributed by atoms with Crippen LogP contribution in [0.4, 0.5) is 0 Å². The largest absolute Gasteiger partial charge is 0.435 e. The zero-order valence-corrected chi connectivity index (χ0v) is 17.6. The molecule has 0 aliphatic rings. The van der Waals surface area contributed by atoms with Crippen LogP contribution in [0.25, 0.3) is 0 Å². The second kappa shape index (κ2) is 16.1. The predicted octanol–water partition coefficient (Wildman–Crippen LogP) is 6.71. The van der Waals surface area contributed by atoms with Crippen molar-refractivity contribution in [3.05, 3.63) is 24.3 Å². The molecular weight excluding hydrogens is 324 g/mol. The van der Waals surface area contributed by atoms with E-state index in [2.05, 4.69) is 31.2 Å². The first kappa shape index (κ1) is 24.9. The third kappa shape index (κ3) is 16.4. The van der Waals surface area contributed by atoms with Crippen LogP contribution >= 0.6 is 0 Å². The Bertz CT molecular complexity index is 391. The van der Waals surface area contributed by atoms with Gasteiger partial charge in [-0.15, -0.1) is 0 Å². The van der Waals surface area contributed by atoms with Crippen LogP contribution in [0.3, 0.4) is 0 Å². The minimum absolute atomic E-state index is 0.293. The molecule has 0 spiro atoms. The smallest absolute Gasteiger partial charge is 0.308 e. The van der Waals surface area contributed by atoms with Gasteiger partial charge in [0.05, 0.1) is 0 Å². The van der Waals surface area contributed by atoms with Crippen molar-refractivity contribution in [3.63, 3.8) is 0 Å². The third-order valence-electron chi connectivity index (χ3n) is 4.32. The molecule has 3 heteroatoms. The molecule has 0 aromatic carbocycles. The second-order valence-corrected chi connectivity index (χ2v) is 8.19. The van der Waals surface area contributed by atoms with Crippen LogP contribution in [0.1, 0.15) is 105 Å². The summed E-state index contributed by atoms with van der Waals surface area (Å²) in [5.41, 5.74) is -0.423. The number of ether oxygens (including phenoxy) is 1. The third-order valence-corrected chi connectivity index (χ3v) is 4.32. The number of hydrogen-bond acceptors (Lipinski definition) is 3. The van der Waals surface area contributed by atoms with Crippen molar-refractivity contribution in [2.24, 2.45) is 5.41 Å². The maximum Gasteiger partial charge on any atom is 0.308 e. The van der Waals surface area contributed by atoms with Gasteiger partial charge in [-0.05, 0) is 38.5 Å². The molecule has 0 aliphatic carbocycles. The highest BCUT2D eigenvalue weighted by molar-refractivity contribution is 5.69. The molecule has 0 amide bonds. The first-order valence-corrected chi connectivity index (χ1v) is 10.6. The number of aliphatic hydroxyl groups is 1. The molecule has 152 valence electrons. The highest BCUT2D eigenvalue weighted by Gasteiger charge is 2.25.